The Hall–Kier alpha value is -0.120. The van der Waals surface area contributed by atoms with Crippen LogP contribution in [0.4, 0.5) is 0 Å². The second-order valence-corrected chi connectivity index (χ2v) is 7.18. The molecular weight excluding hydrogens is 248 g/mol. The second kappa shape index (κ2) is 7.77. The van der Waals surface area contributed by atoms with Crippen molar-refractivity contribution in [1.29, 1.82) is 0 Å². The molecule has 3 nitrogen and oxygen atoms in total. The molecule has 2 fully saturated rings. The Morgan fingerprint density at radius 3 is 2.60 bits per heavy atom. The Morgan fingerprint density at radius 2 is 2.00 bits per heavy atom. The van der Waals surface area contributed by atoms with Crippen LogP contribution in [-0.2, 0) is 0 Å². The molecule has 2 rings (SSSR count). The van der Waals surface area contributed by atoms with Crippen molar-refractivity contribution in [2.24, 2.45) is 11.3 Å². The molecular formula is C17H34N2O. The lowest BCUT2D eigenvalue weighted by Gasteiger charge is -2.42. The number of hydrogen-bond donors (Lipinski definition) is 2. The smallest absolute Gasteiger partial charge is 0.0436 e. The maximum atomic E-state index is 9.40. The maximum absolute atomic E-state index is 9.40. The van der Waals surface area contributed by atoms with Crippen molar-refractivity contribution in [3.05, 3.63) is 0 Å². The number of aliphatic hydroxyl groups excluding tert-OH is 1. The van der Waals surface area contributed by atoms with Gasteiger partial charge in [-0.2, -0.15) is 0 Å². The summed E-state index contributed by atoms with van der Waals surface area (Å²) < 4.78 is 0. The Balaban J connectivity index is 1.83. The van der Waals surface area contributed by atoms with E-state index in [1.54, 1.807) is 0 Å². The first-order valence-corrected chi connectivity index (χ1v) is 8.76. The minimum absolute atomic E-state index is 0.353. The highest BCUT2D eigenvalue weighted by atomic mass is 16.3. The van der Waals surface area contributed by atoms with Gasteiger partial charge in [-0.1, -0.05) is 33.1 Å². The van der Waals surface area contributed by atoms with Crippen LogP contribution < -0.4 is 5.32 Å². The van der Waals surface area contributed by atoms with Crippen molar-refractivity contribution in [1.82, 2.24) is 10.2 Å². The molecule has 20 heavy (non-hydrogen) atoms. The quantitative estimate of drug-likeness (QED) is 0.786. The summed E-state index contributed by atoms with van der Waals surface area (Å²) in [7, 11) is 0. The van der Waals surface area contributed by atoms with Crippen molar-refractivity contribution < 1.29 is 5.11 Å². The van der Waals surface area contributed by atoms with Crippen molar-refractivity contribution >= 4 is 0 Å². The predicted octanol–water partition coefficient (Wildman–Crippen LogP) is 2.64. The van der Waals surface area contributed by atoms with E-state index in [0.717, 1.165) is 18.9 Å². The summed E-state index contributed by atoms with van der Waals surface area (Å²) in [6.07, 6.45) is 8.98. The molecule has 0 bridgehead atoms. The number of nitrogens with zero attached hydrogens (tertiary/aromatic N) is 1. The lowest BCUT2D eigenvalue weighted by atomic mass is 9.71. The molecule has 1 saturated carbocycles. The zero-order valence-electron chi connectivity index (χ0n) is 13.5. The number of piperidine rings is 1. The maximum Gasteiger partial charge on any atom is 0.0436 e. The topological polar surface area (TPSA) is 35.5 Å². The van der Waals surface area contributed by atoms with Crippen molar-refractivity contribution in [3.63, 3.8) is 0 Å². The molecule has 0 amide bonds. The van der Waals surface area contributed by atoms with Crippen LogP contribution >= 0.6 is 0 Å². The highest BCUT2D eigenvalue weighted by Crippen LogP contribution is 2.38. The van der Waals surface area contributed by atoms with Crippen LogP contribution in [0, 0.1) is 11.3 Å². The first kappa shape index (κ1) is 16.3. The van der Waals surface area contributed by atoms with E-state index in [1.165, 1.54) is 58.2 Å². The van der Waals surface area contributed by atoms with E-state index in [1.807, 2.05) is 0 Å². The van der Waals surface area contributed by atoms with Gasteiger partial charge in [0.25, 0.3) is 0 Å². The van der Waals surface area contributed by atoms with Gasteiger partial charge in [0.2, 0.25) is 0 Å². The van der Waals surface area contributed by atoms with E-state index in [2.05, 4.69) is 24.1 Å². The summed E-state index contributed by atoms with van der Waals surface area (Å²) >= 11 is 0. The van der Waals surface area contributed by atoms with Crippen LogP contribution in [-0.4, -0.2) is 48.8 Å². The summed E-state index contributed by atoms with van der Waals surface area (Å²) in [6, 6.07) is 0.676. The lowest BCUT2D eigenvalue weighted by molar-refractivity contribution is 0.101. The Labute approximate surface area is 125 Å². The van der Waals surface area contributed by atoms with Gasteiger partial charge in [0, 0.05) is 25.7 Å². The fraction of sp³-hybridized carbons (Fsp3) is 1.00. The fourth-order valence-electron chi connectivity index (χ4n) is 4.22. The molecule has 0 aromatic rings. The molecule has 0 radical (unpaired) electrons. The Bertz CT molecular complexity index is 271. The monoisotopic (exact) mass is 282 g/mol. The first-order valence-electron chi connectivity index (χ1n) is 8.76. The van der Waals surface area contributed by atoms with Crippen molar-refractivity contribution in [2.75, 3.05) is 32.8 Å². The molecule has 1 aliphatic heterocycles. The van der Waals surface area contributed by atoms with Gasteiger partial charge in [-0.15, -0.1) is 0 Å². The van der Waals surface area contributed by atoms with Crippen LogP contribution in [0.15, 0.2) is 0 Å². The van der Waals surface area contributed by atoms with E-state index < -0.39 is 0 Å². The molecule has 2 atom stereocenters. The van der Waals surface area contributed by atoms with Gasteiger partial charge < -0.3 is 15.3 Å². The molecule has 1 heterocycles. The molecule has 118 valence electrons. The van der Waals surface area contributed by atoms with Crippen LogP contribution in [0.2, 0.25) is 0 Å². The second-order valence-electron chi connectivity index (χ2n) is 7.18. The van der Waals surface area contributed by atoms with Crippen LogP contribution in [0.25, 0.3) is 0 Å². The Kier molecular flexibility index (Phi) is 6.31. The highest BCUT2D eigenvalue weighted by Gasteiger charge is 2.33. The Morgan fingerprint density at radius 1 is 1.25 bits per heavy atom. The van der Waals surface area contributed by atoms with Gasteiger partial charge >= 0.3 is 0 Å². The first-order chi connectivity index (χ1) is 9.69. The molecule has 0 aromatic carbocycles. The number of rotatable bonds is 6. The van der Waals surface area contributed by atoms with E-state index in [0.29, 0.717) is 18.1 Å². The van der Waals surface area contributed by atoms with Gasteiger partial charge in [-0.05, 0) is 50.1 Å². The van der Waals surface area contributed by atoms with Crippen molar-refractivity contribution in [2.45, 2.75) is 64.8 Å². The molecule has 2 aliphatic rings. The lowest BCUT2D eigenvalue weighted by Crippen LogP contribution is -2.51. The highest BCUT2D eigenvalue weighted by molar-refractivity contribution is 4.89. The standard InChI is InChI=1S/C17H34N2O/c1-3-19-11-7-16(15(2)13-19)18-14-17(10-12-20)8-5-4-6-9-17/h15-16,18,20H,3-14H2,1-2H3. The minimum Gasteiger partial charge on any atom is -0.396 e. The van der Waals surface area contributed by atoms with Gasteiger partial charge in [0.05, 0.1) is 0 Å². The van der Waals surface area contributed by atoms with Gasteiger partial charge in [-0.3, -0.25) is 0 Å². The fourth-order valence-corrected chi connectivity index (χ4v) is 4.22. The number of hydrogen-bond acceptors (Lipinski definition) is 3. The van der Waals surface area contributed by atoms with Crippen LogP contribution in [0.3, 0.4) is 0 Å². The zero-order valence-corrected chi connectivity index (χ0v) is 13.5. The van der Waals surface area contributed by atoms with Crippen molar-refractivity contribution in [3.8, 4) is 0 Å². The summed E-state index contributed by atoms with van der Waals surface area (Å²) in [5.41, 5.74) is 0.384. The van der Waals surface area contributed by atoms with E-state index in [4.69, 9.17) is 0 Å². The average molecular weight is 282 g/mol. The normalized spacial score (nSPS) is 31.4. The number of nitrogens with one attached hydrogen (secondary N) is 1. The van der Waals surface area contributed by atoms with Gasteiger partial charge in [0.15, 0.2) is 0 Å². The van der Waals surface area contributed by atoms with E-state index in [9.17, 15) is 5.11 Å². The van der Waals surface area contributed by atoms with Gasteiger partial charge in [0.1, 0.15) is 0 Å². The average Bonchev–Trinajstić information content (AvgIpc) is 2.47. The van der Waals surface area contributed by atoms with E-state index >= 15 is 0 Å². The zero-order chi connectivity index (χ0) is 14.4. The largest absolute Gasteiger partial charge is 0.396 e. The summed E-state index contributed by atoms with van der Waals surface area (Å²) in [4.78, 5) is 2.56. The predicted molar refractivity (Wildman–Crippen MR) is 84.9 cm³/mol. The van der Waals surface area contributed by atoms with E-state index in [-0.39, 0.29) is 0 Å². The molecule has 0 aromatic heterocycles. The van der Waals surface area contributed by atoms with Gasteiger partial charge in [-0.25, -0.2) is 0 Å². The minimum atomic E-state index is 0.353. The molecule has 1 aliphatic carbocycles. The third-order valence-electron chi connectivity index (χ3n) is 5.73. The molecule has 2 unspecified atom stereocenters. The molecule has 3 heteroatoms. The SMILES string of the molecule is CCN1CCC(NCC2(CCO)CCCCC2)C(C)C1. The number of aliphatic hydroxyl groups is 1. The van der Waals surface area contributed by atoms with Crippen LogP contribution in [0.1, 0.15) is 58.8 Å². The summed E-state index contributed by atoms with van der Waals surface area (Å²) in [6.45, 7) is 9.79. The third kappa shape index (κ3) is 4.19. The molecule has 2 N–H and O–H groups in total. The summed E-state index contributed by atoms with van der Waals surface area (Å²) in [5.74, 6) is 0.749. The van der Waals surface area contributed by atoms with Crippen LogP contribution in [0.5, 0.6) is 0 Å². The molecule has 0 spiro atoms. The third-order valence-corrected chi connectivity index (χ3v) is 5.73. The molecule has 1 saturated heterocycles. The number of likely N-dealkylation sites (tertiary alicyclic amines) is 1. The summed E-state index contributed by atoms with van der Waals surface area (Å²) in [5, 5.41) is 13.3.